The van der Waals surface area contributed by atoms with Gasteiger partial charge in [-0.3, -0.25) is 4.18 Å². The first kappa shape index (κ1) is 14.3. The maximum Gasteiger partial charge on any atom is 0.262 e. The zero-order valence-electron chi connectivity index (χ0n) is 9.68. The van der Waals surface area contributed by atoms with Gasteiger partial charge in [-0.25, -0.2) is 9.20 Å². The number of ether oxygens (including phenoxy) is 1. The van der Waals surface area contributed by atoms with Gasteiger partial charge in [-0.05, 0) is 37.6 Å². The van der Waals surface area contributed by atoms with Crippen LogP contribution in [0.1, 0.15) is 19.3 Å². The van der Waals surface area contributed by atoms with Crippen LogP contribution in [0.4, 0.5) is 0 Å². The van der Waals surface area contributed by atoms with Crippen LogP contribution in [0.2, 0.25) is 0 Å². The second kappa shape index (κ2) is 8.32. The predicted octanol–water partition coefficient (Wildman–Crippen LogP) is 1.28. The van der Waals surface area contributed by atoms with Crippen molar-refractivity contribution < 1.29 is 13.1 Å². The molecule has 0 aromatic carbocycles. The molecule has 0 saturated heterocycles. The molecule has 0 aliphatic carbocycles. The highest BCUT2D eigenvalue weighted by Gasteiger charge is 2.03. The summed E-state index contributed by atoms with van der Waals surface area (Å²) in [6, 6.07) is 0. The van der Waals surface area contributed by atoms with E-state index in [1.807, 2.05) is 12.3 Å². The van der Waals surface area contributed by atoms with E-state index in [2.05, 4.69) is 14.5 Å². The van der Waals surface area contributed by atoms with Crippen molar-refractivity contribution in [2.75, 3.05) is 19.5 Å². The van der Waals surface area contributed by atoms with Crippen molar-refractivity contribution in [1.29, 1.82) is 0 Å². The molecule has 1 rings (SSSR count). The summed E-state index contributed by atoms with van der Waals surface area (Å²) in [5, 5.41) is 3.18. The third-order valence-electron chi connectivity index (χ3n) is 1.97. The van der Waals surface area contributed by atoms with Gasteiger partial charge in [0.25, 0.3) is 5.17 Å². The Balaban J connectivity index is 2.11. The summed E-state index contributed by atoms with van der Waals surface area (Å²) >= 11 is 3.76. The number of hydrogen-bond acceptors (Lipinski definition) is 5. The van der Waals surface area contributed by atoms with E-state index < -0.39 is 11.1 Å². The van der Waals surface area contributed by atoms with Crippen LogP contribution in [-0.4, -0.2) is 35.1 Å². The van der Waals surface area contributed by atoms with Crippen LogP contribution in [0.5, 0.6) is 0 Å². The second-order valence-corrected chi connectivity index (χ2v) is 4.99. The summed E-state index contributed by atoms with van der Waals surface area (Å²) in [4.78, 5) is 4.13. The van der Waals surface area contributed by atoms with Crippen LogP contribution < -0.4 is 5.32 Å². The van der Waals surface area contributed by atoms with Crippen LogP contribution in [0.25, 0.3) is 0 Å². The van der Waals surface area contributed by atoms with Crippen LogP contribution in [0, 0.1) is 0 Å². The maximum absolute atomic E-state index is 10.9. The number of nitrogens with one attached hydrogen (secondary N) is 1. The summed E-state index contributed by atoms with van der Waals surface area (Å²) in [7, 11) is 1.41. The molecule has 1 aliphatic rings. The minimum atomic E-state index is -1.23. The highest BCUT2D eigenvalue weighted by Crippen LogP contribution is 2.03. The molecule has 0 fully saturated rings. The maximum atomic E-state index is 10.9. The lowest BCUT2D eigenvalue weighted by atomic mass is 10.3. The molecule has 1 heterocycles. The Labute approximate surface area is 109 Å². The Morgan fingerprint density at radius 1 is 1.65 bits per heavy atom. The summed E-state index contributed by atoms with van der Waals surface area (Å²) in [5.74, 6) is 1.17. The molecular formula is C10H16N2O3S2. The Morgan fingerprint density at radius 2 is 2.47 bits per heavy atom. The molecule has 0 aromatic rings. The van der Waals surface area contributed by atoms with Crippen molar-refractivity contribution >= 4 is 34.7 Å². The Morgan fingerprint density at radius 3 is 3.12 bits per heavy atom. The van der Waals surface area contributed by atoms with Crippen molar-refractivity contribution in [2.45, 2.75) is 19.3 Å². The van der Waals surface area contributed by atoms with E-state index in [9.17, 15) is 4.21 Å². The highest BCUT2D eigenvalue weighted by atomic mass is 32.2. The van der Waals surface area contributed by atoms with Gasteiger partial charge in [0.05, 0.1) is 19.5 Å². The van der Waals surface area contributed by atoms with Crippen LogP contribution in [0.15, 0.2) is 16.9 Å². The molecule has 0 saturated carbocycles. The number of allylic oxidation sites excluding steroid dienone is 1. The van der Waals surface area contributed by atoms with E-state index in [1.165, 1.54) is 7.11 Å². The molecule has 1 aliphatic heterocycles. The molecule has 0 radical (unpaired) electrons. The third kappa shape index (κ3) is 6.50. The smallest absolute Gasteiger partial charge is 0.262 e. The van der Waals surface area contributed by atoms with Gasteiger partial charge < -0.3 is 10.1 Å². The molecule has 0 bridgehead atoms. The molecule has 1 unspecified atom stereocenters. The lowest BCUT2D eigenvalue weighted by molar-refractivity contribution is 0.301. The summed E-state index contributed by atoms with van der Waals surface area (Å²) in [5.41, 5.74) is 0. The number of rotatable bonds is 6. The van der Waals surface area contributed by atoms with E-state index in [0.717, 1.165) is 18.7 Å². The average molecular weight is 276 g/mol. The number of thiocarbonyl (C=S) groups is 1. The number of nitrogens with zero attached hydrogens (tertiary/aromatic N) is 1. The van der Waals surface area contributed by atoms with Crippen LogP contribution in [-0.2, 0) is 20.0 Å². The molecule has 1 N–H and O–H groups in total. The Hall–Kier alpha value is -0.790. The second-order valence-electron chi connectivity index (χ2n) is 3.27. The van der Waals surface area contributed by atoms with Crippen LogP contribution >= 0.6 is 12.2 Å². The quantitative estimate of drug-likeness (QED) is 0.585. The van der Waals surface area contributed by atoms with E-state index in [4.69, 9.17) is 17.0 Å². The van der Waals surface area contributed by atoms with Crippen molar-refractivity contribution in [3.8, 4) is 0 Å². The fraction of sp³-hybridized carbons (Fsp3) is 0.600. The SMILES string of the molecule is COS(=O)CCCOC(=S)NC1=CCCC=N1. The summed E-state index contributed by atoms with van der Waals surface area (Å²) in [6.45, 7) is 0.415. The topological polar surface area (TPSA) is 59.9 Å². The highest BCUT2D eigenvalue weighted by molar-refractivity contribution is 7.80. The van der Waals surface area contributed by atoms with E-state index in [0.29, 0.717) is 24.0 Å². The lowest BCUT2D eigenvalue weighted by Gasteiger charge is -2.11. The Bertz CT molecular complexity index is 342. The third-order valence-corrected chi connectivity index (χ3v) is 3.18. The average Bonchev–Trinajstić information content (AvgIpc) is 2.35. The van der Waals surface area contributed by atoms with Crippen molar-refractivity contribution in [1.82, 2.24) is 5.32 Å². The van der Waals surface area contributed by atoms with Gasteiger partial charge in [0, 0.05) is 6.21 Å². The predicted molar refractivity (Wildman–Crippen MR) is 72.1 cm³/mol. The fourth-order valence-electron chi connectivity index (χ4n) is 1.16. The van der Waals surface area contributed by atoms with Gasteiger partial charge in [0.1, 0.15) is 5.82 Å². The molecule has 17 heavy (non-hydrogen) atoms. The van der Waals surface area contributed by atoms with Gasteiger partial charge in [0.2, 0.25) is 0 Å². The van der Waals surface area contributed by atoms with Gasteiger partial charge in [-0.1, -0.05) is 0 Å². The monoisotopic (exact) mass is 276 g/mol. The first-order chi connectivity index (χ1) is 8.22. The molecule has 0 aromatic heterocycles. The largest absolute Gasteiger partial charge is 0.471 e. The first-order valence-corrected chi connectivity index (χ1v) is 6.97. The molecule has 96 valence electrons. The first-order valence-electron chi connectivity index (χ1n) is 5.31. The van der Waals surface area contributed by atoms with E-state index >= 15 is 0 Å². The fourth-order valence-corrected chi connectivity index (χ4v) is 1.87. The van der Waals surface area contributed by atoms with Gasteiger partial charge in [-0.2, -0.15) is 0 Å². The molecule has 5 nitrogen and oxygen atoms in total. The van der Waals surface area contributed by atoms with Crippen molar-refractivity contribution in [2.24, 2.45) is 4.99 Å². The normalized spacial score (nSPS) is 16.2. The molecule has 1 atom stereocenters. The van der Waals surface area contributed by atoms with Gasteiger partial charge in [0.15, 0.2) is 11.1 Å². The summed E-state index contributed by atoms with van der Waals surface area (Å²) in [6.07, 6.45) is 6.36. The molecule has 0 amide bonds. The van der Waals surface area contributed by atoms with Crippen LogP contribution in [0.3, 0.4) is 0 Å². The van der Waals surface area contributed by atoms with Gasteiger partial charge >= 0.3 is 0 Å². The molecule has 0 spiro atoms. The molecular weight excluding hydrogens is 260 g/mol. The lowest BCUT2D eigenvalue weighted by Crippen LogP contribution is -2.24. The minimum Gasteiger partial charge on any atom is -0.471 e. The minimum absolute atomic E-state index is 0.290. The van der Waals surface area contributed by atoms with Crippen molar-refractivity contribution in [3.05, 3.63) is 11.9 Å². The summed E-state index contributed by atoms with van der Waals surface area (Å²) < 4.78 is 20.8. The standard InChI is InChI=1S/C10H16N2O3S2/c1-14-17(13)8-4-7-15-10(16)12-9-5-2-3-6-11-9/h5-6H,2-4,7-8H2,1H3,(H,12,16). The van der Waals surface area contributed by atoms with Gasteiger partial charge in [-0.15, -0.1) is 0 Å². The number of hydrogen-bond donors (Lipinski definition) is 1. The van der Waals surface area contributed by atoms with Crippen molar-refractivity contribution in [3.63, 3.8) is 0 Å². The zero-order chi connectivity index (χ0) is 12.5. The van der Waals surface area contributed by atoms with E-state index in [-0.39, 0.29) is 0 Å². The Kier molecular flexibility index (Phi) is 6.99. The molecule has 7 heteroatoms. The number of aliphatic imine (C=N–C) groups is 1. The van der Waals surface area contributed by atoms with E-state index in [1.54, 1.807) is 0 Å². The zero-order valence-corrected chi connectivity index (χ0v) is 11.3.